The molecule has 46 heavy (non-hydrogen) atoms. The van der Waals surface area contributed by atoms with E-state index < -0.39 is 46.2 Å². The monoisotopic (exact) mass is 707 g/mol. The van der Waals surface area contributed by atoms with Crippen molar-refractivity contribution in [2.45, 2.75) is 44.9 Å². The number of anilines is 1. The van der Waals surface area contributed by atoms with Gasteiger partial charge in [-0.2, -0.15) is 13.2 Å². The van der Waals surface area contributed by atoms with Crippen LogP contribution in [0.25, 0.3) is 6.08 Å². The van der Waals surface area contributed by atoms with Gasteiger partial charge in [-0.05, 0) is 36.2 Å². The summed E-state index contributed by atoms with van der Waals surface area (Å²) in [5.74, 6) is -0.791. The van der Waals surface area contributed by atoms with Gasteiger partial charge in [0, 0.05) is 51.4 Å². The molecule has 0 bridgehead atoms. The average Bonchev–Trinajstić information content (AvgIpc) is 3.50. The quantitative estimate of drug-likeness (QED) is 0.184. The van der Waals surface area contributed by atoms with Crippen molar-refractivity contribution in [1.82, 2.24) is 4.90 Å². The van der Waals surface area contributed by atoms with E-state index in [9.17, 15) is 26.4 Å². The van der Waals surface area contributed by atoms with Crippen LogP contribution in [0.4, 0.5) is 18.9 Å². The zero-order valence-corrected chi connectivity index (χ0v) is 27.6. The number of rotatable bonds is 11. The van der Waals surface area contributed by atoms with Crippen LogP contribution in [0.1, 0.15) is 49.3 Å². The third-order valence-electron chi connectivity index (χ3n) is 7.27. The smallest absolute Gasteiger partial charge is 0.420 e. The van der Waals surface area contributed by atoms with Gasteiger partial charge in [-0.3, -0.25) is 19.5 Å². The van der Waals surface area contributed by atoms with E-state index in [0.29, 0.717) is 37.1 Å². The van der Waals surface area contributed by atoms with Crippen LogP contribution in [0.2, 0.25) is 0 Å². The summed E-state index contributed by atoms with van der Waals surface area (Å²) in [6.45, 7) is 2.43. The number of nitrogen functional groups attached to an aromatic ring is 1. The Balaban J connectivity index is 0.00000368. The number of carbonyl (C=O) groups is 1. The number of likely N-dealkylation sites (tertiary alicyclic amines) is 1. The zero-order valence-electron chi connectivity index (χ0n) is 25.2. The second-order valence-electron chi connectivity index (χ2n) is 10.5. The Hall–Kier alpha value is -3.49. The number of nitrogens with zero attached hydrogens (tertiary/aromatic N) is 3. The van der Waals surface area contributed by atoms with Crippen molar-refractivity contribution in [2.75, 3.05) is 42.8 Å². The fraction of sp³-hybridized carbons (Fsp3) is 0.433. The molecular weight excluding hydrogens is 670 g/mol. The molecule has 0 aromatic heterocycles. The first-order valence-electron chi connectivity index (χ1n) is 14.2. The molecule has 4 rings (SSSR count). The summed E-state index contributed by atoms with van der Waals surface area (Å²) in [6.07, 6.45) is 0.778. The van der Waals surface area contributed by atoms with Crippen molar-refractivity contribution in [2.24, 2.45) is 10.7 Å². The molecule has 2 heterocycles. The molecule has 0 atom stereocenters. The van der Waals surface area contributed by atoms with Crippen LogP contribution < -0.4 is 14.8 Å². The highest BCUT2D eigenvalue weighted by atomic mass is 35.5. The molecule has 0 saturated carbocycles. The maximum absolute atomic E-state index is 14.3. The molecule has 0 unspecified atom stereocenters. The van der Waals surface area contributed by atoms with Gasteiger partial charge in [-0.1, -0.05) is 30.4 Å². The molecule has 0 spiro atoms. The van der Waals surface area contributed by atoms with Crippen molar-refractivity contribution >= 4 is 64.2 Å². The molecule has 2 aliphatic rings. The van der Waals surface area contributed by atoms with E-state index in [2.05, 4.69) is 9.89 Å². The summed E-state index contributed by atoms with van der Waals surface area (Å²) in [6, 6.07) is 9.85. The minimum absolute atomic E-state index is 0. The Labute approximate surface area is 279 Å². The Morgan fingerprint density at radius 1 is 1.17 bits per heavy atom. The largest absolute Gasteiger partial charge is 0.490 e. The van der Waals surface area contributed by atoms with Crippen molar-refractivity contribution in [3.8, 4) is 5.75 Å². The molecule has 0 aliphatic carbocycles. The fourth-order valence-electron chi connectivity index (χ4n) is 5.07. The number of hydrogen-bond acceptors (Lipinski definition) is 8. The third-order valence-corrected chi connectivity index (χ3v) is 8.99. The number of hydrogen-bond donors (Lipinski definition) is 2. The topological polar surface area (TPSA) is 138 Å². The van der Waals surface area contributed by atoms with E-state index in [1.807, 2.05) is 0 Å². The molecule has 2 aliphatic heterocycles. The summed E-state index contributed by atoms with van der Waals surface area (Å²) in [5, 5.41) is 7.60. The van der Waals surface area contributed by atoms with Crippen molar-refractivity contribution in [3.63, 3.8) is 0 Å². The van der Waals surface area contributed by atoms with Gasteiger partial charge in [0.05, 0.1) is 23.6 Å². The Bertz CT molecular complexity index is 1530. The zero-order chi connectivity index (χ0) is 31.9. The number of aliphatic imine (C=N–C) groups is 1. The number of carbonyl (C=O) groups excluding carboxylic acids is 1. The van der Waals surface area contributed by atoms with Gasteiger partial charge in [0.1, 0.15) is 30.0 Å². The van der Waals surface area contributed by atoms with E-state index in [1.165, 1.54) is 12.1 Å². The van der Waals surface area contributed by atoms with Crippen LogP contribution >= 0.6 is 24.8 Å². The number of esters is 1. The fourth-order valence-corrected chi connectivity index (χ4v) is 6.33. The van der Waals surface area contributed by atoms with Gasteiger partial charge in [-0.25, -0.2) is 8.42 Å². The highest BCUT2D eigenvalue weighted by Gasteiger charge is 2.37. The maximum atomic E-state index is 14.3. The molecule has 1 saturated heterocycles. The van der Waals surface area contributed by atoms with Crippen molar-refractivity contribution in [3.05, 3.63) is 65.2 Å². The third kappa shape index (κ3) is 10.5. The molecular formula is C30H38Cl2F3N5O5S. The number of amidine groups is 2. The van der Waals surface area contributed by atoms with Gasteiger partial charge >= 0.3 is 12.1 Å². The lowest BCUT2D eigenvalue weighted by atomic mass is 10.1. The molecule has 2 aromatic rings. The van der Waals surface area contributed by atoms with Gasteiger partial charge in [0.15, 0.2) is 0 Å². The second-order valence-corrected chi connectivity index (χ2v) is 12.5. The van der Waals surface area contributed by atoms with E-state index in [1.54, 1.807) is 30.3 Å². The standard InChI is InChI=1S/C30H36F3N5O5S.2ClH/c1-21(39)42-17-18-44(40,41)38(14-4-6-22-5-2-7-23(19-22)29(34)35)24-9-10-27(26(20-24)30(31,32)33)43-25-11-15-37(16-12-25)28-8-3-13-36-28;;/h2,4-7,9-10,19-20,25H,3,8,11-18H2,1H3,(H3,34,35);2*1H/b6-4+;;. The molecule has 254 valence electrons. The molecule has 16 heteroatoms. The lowest BCUT2D eigenvalue weighted by Crippen LogP contribution is -2.41. The van der Waals surface area contributed by atoms with Crippen LogP contribution in [0.3, 0.4) is 0 Å². The van der Waals surface area contributed by atoms with Crippen LogP contribution in [0.5, 0.6) is 5.75 Å². The van der Waals surface area contributed by atoms with Gasteiger partial charge in [0.2, 0.25) is 10.0 Å². The van der Waals surface area contributed by atoms with Gasteiger partial charge < -0.3 is 20.1 Å². The first-order chi connectivity index (χ1) is 20.8. The first-order valence-corrected chi connectivity index (χ1v) is 15.9. The average molecular weight is 709 g/mol. The molecule has 3 N–H and O–H groups in total. The summed E-state index contributed by atoms with van der Waals surface area (Å²) in [7, 11) is -4.24. The number of benzene rings is 2. The maximum Gasteiger partial charge on any atom is 0.420 e. The summed E-state index contributed by atoms with van der Waals surface area (Å²) < 4.78 is 81.1. The second kappa shape index (κ2) is 16.9. The number of nitrogens with one attached hydrogen (secondary N) is 1. The van der Waals surface area contributed by atoms with Crippen LogP contribution in [-0.2, 0) is 25.7 Å². The number of nitrogens with two attached hydrogens (primary N) is 1. The first kappa shape index (κ1) is 38.7. The predicted octanol–water partition coefficient (Wildman–Crippen LogP) is 5.28. The number of sulfonamides is 1. The minimum Gasteiger partial charge on any atom is -0.490 e. The Morgan fingerprint density at radius 2 is 1.89 bits per heavy atom. The number of halogens is 5. The Morgan fingerprint density at radius 3 is 2.50 bits per heavy atom. The lowest BCUT2D eigenvalue weighted by molar-refractivity contribution is -0.140. The molecule has 2 aromatic carbocycles. The Kier molecular flexibility index (Phi) is 14.2. The van der Waals surface area contributed by atoms with Crippen LogP contribution in [0.15, 0.2) is 53.5 Å². The highest BCUT2D eigenvalue weighted by molar-refractivity contribution is 7.92. The summed E-state index contributed by atoms with van der Waals surface area (Å²) in [4.78, 5) is 17.9. The van der Waals surface area contributed by atoms with Crippen LogP contribution in [-0.4, -0.2) is 75.6 Å². The number of ether oxygens (including phenoxy) is 2. The SMILES string of the molecule is CC(=O)OCCS(=O)(=O)N(C/C=C/c1cccc(C(=N)N)c1)c1ccc(OC2CCN(C3=NCCC3)CC2)c(C(F)(F)F)c1.Cl.Cl. The summed E-state index contributed by atoms with van der Waals surface area (Å²) >= 11 is 0. The minimum atomic E-state index is -4.82. The normalized spacial score (nSPS) is 15.5. The van der Waals surface area contributed by atoms with Gasteiger partial charge in [0.25, 0.3) is 0 Å². The number of piperidine rings is 1. The highest BCUT2D eigenvalue weighted by Crippen LogP contribution is 2.40. The van der Waals surface area contributed by atoms with Gasteiger partial charge in [-0.15, -0.1) is 24.8 Å². The molecule has 1 fully saturated rings. The van der Waals surface area contributed by atoms with Crippen LogP contribution in [0, 0.1) is 5.41 Å². The van der Waals surface area contributed by atoms with Crippen molar-refractivity contribution in [1.29, 1.82) is 5.41 Å². The van der Waals surface area contributed by atoms with E-state index >= 15 is 0 Å². The number of alkyl halides is 3. The molecule has 10 nitrogen and oxygen atoms in total. The summed E-state index contributed by atoms with van der Waals surface area (Å²) in [5.41, 5.74) is 5.30. The lowest BCUT2D eigenvalue weighted by Gasteiger charge is -2.34. The predicted molar refractivity (Wildman–Crippen MR) is 177 cm³/mol. The van der Waals surface area contributed by atoms with Crippen molar-refractivity contribution < 1.29 is 35.9 Å². The molecule has 0 radical (unpaired) electrons. The van der Waals surface area contributed by atoms with E-state index in [4.69, 9.17) is 20.6 Å². The van der Waals surface area contributed by atoms with E-state index in [-0.39, 0.29) is 48.6 Å². The molecule has 0 amide bonds. The van der Waals surface area contributed by atoms with E-state index in [0.717, 1.165) is 48.6 Å².